The van der Waals surface area contributed by atoms with Crippen LogP contribution in [0.3, 0.4) is 0 Å². The fourth-order valence-corrected chi connectivity index (χ4v) is 2.48. The van der Waals surface area contributed by atoms with Crippen LogP contribution < -0.4 is 4.90 Å². The van der Waals surface area contributed by atoms with E-state index in [0.717, 1.165) is 43.9 Å². The Morgan fingerprint density at radius 2 is 2.05 bits per heavy atom. The lowest BCUT2D eigenvalue weighted by molar-refractivity contribution is 0.154. The molecule has 2 rings (SSSR count). The molecular formula is C16H29N3O. The molecule has 114 valence electrons. The summed E-state index contributed by atoms with van der Waals surface area (Å²) in [4.78, 5) is 9.04. The maximum absolute atomic E-state index is 9.80. The summed E-state index contributed by atoms with van der Waals surface area (Å²) in [5, 5.41) is 9.80. The minimum Gasteiger partial charge on any atom is -0.391 e. The number of piperidine rings is 1. The van der Waals surface area contributed by atoms with Crippen LogP contribution in [0.4, 0.5) is 5.69 Å². The fraction of sp³-hybridized carbons (Fsp3) is 0.688. The Balaban J connectivity index is 0.000000956. The Labute approximate surface area is 123 Å². The highest BCUT2D eigenvalue weighted by atomic mass is 16.3. The molecule has 0 aliphatic carbocycles. The van der Waals surface area contributed by atoms with Crippen molar-refractivity contribution in [1.82, 2.24) is 9.88 Å². The van der Waals surface area contributed by atoms with Gasteiger partial charge < -0.3 is 14.9 Å². The molecule has 0 amide bonds. The van der Waals surface area contributed by atoms with Crippen molar-refractivity contribution >= 4 is 5.69 Å². The quantitative estimate of drug-likeness (QED) is 0.922. The first-order chi connectivity index (χ1) is 9.56. The van der Waals surface area contributed by atoms with Gasteiger partial charge in [0.1, 0.15) is 0 Å². The van der Waals surface area contributed by atoms with Crippen molar-refractivity contribution in [3.05, 3.63) is 23.5 Å². The lowest BCUT2D eigenvalue weighted by Crippen LogP contribution is -2.39. The van der Waals surface area contributed by atoms with Gasteiger partial charge in [0.15, 0.2) is 0 Å². The molecule has 1 aromatic heterocycles. The molecule has 4 nitrogen and oxygen atoms in total. The van der Waals surface area contributed by atoms with Gasteiger partial charge in [-0.1, -0.05) is 13.8 Å². The average Bonchev–Trinajstić information content (AvgIpc) is 2.40. The first-order valence-electron chi connectivity index (χ1n) is 7.60. The van der Waals surface area contributed by atoms with Crippen LogP contribution >= 0.6 is 0 Å². The second-order valence-corrected chi connectivity index (χ2v) is 5.40. The van der Waals surface area contributed by atoms with Gasteiger partial charge in [-0.05, 0) is 46.0 Å². The third-order valence-corrected chi connectivity index (χ3v) is 3.29. The SMILES string of the molecule is CC.Cc1ccc(N2CCCC(O)C2)c(CN(C)C)n1. The summed E-state index contributed by atoms with van der Waals surface area (Å²) in [6.45, 7) is 8.60. The predicted molar refractivity (Wildman–Crippen MR) is 85.2 cm³/mol. The van der Waals surface area contributed by atoms with Crippen molar-refractivity contribution in [2.45, 2.75) is 46.3 Å². The molecule has 2 heterocycles. The molecule has 4 heteroatoms. The Morgan fingerprint density at radius 1 is 1.35 bits per heavy atom. The monoisotopic (exact) mass is 279 g/mol. The average molecular weight is 279 g/mol. The topological polar surface area (TPSA) is 39.6 Å². The molecule has 1 atom stereocenters. The molecule has 0 aromatic carbocycles. The zero-order valence-electron chi connectivity index (χ0n) is 13.6. The maximum atomic E-state index is 9.80. The number of anilines is 1. The van der Waals surface area contributed by atoms with Crippen LogP contribution in [-0.2, 0) is 6.54 Å². The van der Waals surface area contributed by atoms with Gasteiger partial charge in [0.2, 0.25) is 0 Å². The van der Waals surface area contributed by atoms with Crippen LogP contribution in [0.2, 0.25) is 0 Å². The lowest BCUT2D eigenvalue weighted by Gasteiger charge is -2.33. The minimum atomic E-state index is -0.202. The molecule has 1 aliphatic heterocycles. The van der Waals surface area contributed by atoms with E-state index in [2.05, 4.69) is 41.0 Å². The zero-order valence-corrected chi connectivity index (χ0v) is 13.6. The standard InChI is InChI=1S/C14H23N3O.C2H6/c1-11-6-7-14(13(15-11)10-16(2)3)17-8-4-5-12(18)9-17;1-2/h6-7,12,18H,4-5,8-10H2,1-3H3;1-2H3. The summed E-state index contributed by atoms with van der Waals surface area (Å²) in [5.41, 5.74) is 3.33. The zero-order chi connectivity index (χ0) is 15.1. The van der Waals surface area contributed by atoms with Crippen molar-refractivity contribution in [3.8, 4) is 0 Å². The number of rotatable bonds is 3. The largest absolute Gasteiger partial charge is 0.391 e. The minimum absolute atomic E-state index is 0.202. The van der Waals surface area contributed by atoms with E-state index in [0.29, 0.717) is 0 Å². The highest BCUT2D eigenvalue weighted by Gasteiger charge is 2.20. The summed E-state index contributed by atoms with van der Waals surface area (Å²) >= 11 is 0. The third kappa shape index (κ3) is 4.76. The molecule has 20 heavy (non-hydrogen) atoms. The van der Waals surface area contributed by atoms with E-state index in [4.69, 9.17) is 0 Å². The summed E-state index contributed by atoms with van der Waals surface area (Å²) in [6, 6.07) is 4.19. The molecule has 0 spiro atoms. The number of β-amino-alcohol motifs (C(OH)–C–C–N with tert-alkyl or cyclic N) is 1. The normalized spacial score (nSPS) is 18.8. The van der Waals surface area contributed by atoms with Crippen molar-refractivity contribution in [2.75, 3.05) is 32.1 Å². The molecule has 1 unspecified atom stereocenters. The Hall–Kier alpha value is -1.13. The van der Waals surface area contributed by atoms with E-state index in [-0.39, 0.29) is 6.10 Å². The van der Waals surface area contributed by atoms with Gasteiger partial charge in [-0.25, -0.2) is 0 Å². The number of pyridine rings is 1. The van der Waals surface area contributed by atoms with Gasteiger partial charge in [-0.3, -0.25) is 4.98 Å². The first kappa shape index (κ1) is 16.9. The van der Waals surface area contributed by atoms with Crippen LogP contribution in [0, 0.1) is 6.92 Å². The first-order valence-corrected chi connectivity index (χ1v) is 7.60. The molecule has 1 aliphatic rings. The molecule has 1 N–H and O–H groups in total. The fourth-order valence-electron chi connectivity index (χ4n) is 2.48. The van der Waals surface area contributed by atoms with Gasteiger partial charge in [0.25, 0.3) is 0 Å². The van der Waals surface area contributed by atoms with Crippen LogP contribution in [-0.4, -0.2) is 48.3 Å². The van der Waals surface area contributed by atoms with Gasteiger partial charge in [-0.2, -0.15) is 0 Å². The summed E-state index contributed by atoms with van der Waals surface area (Å²) in [6.07, 6.45) is 1.77. The van der Waals surface area contributed by atoms with Gasteiger partial charge >= 0.3 is 0 Å². The van der Waals surface area contributed by atoms with Crippen molar-refractivity contribution in [3.63, 3.8) is 0 Å². The Bertz CT molecular complexity index is 407. The van der Waals surface area contributed by atoms with E-state index in [1.54, 1.807) is 0 Å². The Kier molecular flexibility index (Phi) is 6.96. The van der Waals surface area contributed by atoms with Crippen molar-refractivity contribution in [2.24, 2.45) is 0 Å². The number of aromatic nitrogens is 1. The maximum Gasteiger partial charge on any atom is 0.0779 e. The van der Waals surface area contributed by atoms with E-state index >= 15 is 0 Å². The number of aliphatic hydroxyl groups is 1. The third-order valence-electron chi connectivity index (χ3n) is 3.29. The van der Waals surface area contributed by atoms with Crippen LogP contribution in [0.25, 0.3) is 0 Å². The summed E-state index contributed by atoms with van der Waals surface area (Å²) in [5.74, 6) is 0. The molecule has 1 fully saturated rings. The van der Waals surface area contributed by atoms with Crippen LogP contribution in [0.5, 0.6) is 0 Å². The van der Waals surface area contributed by atoms with Crippen molar-refractivity contribution in [1.29, 1.82) is 0 Å². The van der Waals surface area contributed by atoms with E-state index < -0.39 is 0 Å². The number of aliphatic hydroxyl groups excluding tert-OH is 1. The molecular weight excluding hydrogens is 250 g/mol. The van der Waals surface area contributed by atoms with Crippen molar-refractivity contribution < 1.29 is 5.11 Å². The smallest absolute Gasteiger partial charge is 0.0779 e. The molecule has 0 saturated carbocycles. The van der Waals surface area contributed by atoms with E-state index in [1.807, 2.05) is 20.8 Å². The molecule has 1 aromatic rings. The second-order valence-electron chi connectivity index (χ2n) is 5.40. The predicted octanol–water partition coefficient (Wildman–Crippen LogP) is 2.44. The number of nitrogens with zero attached hydrogens (tertiary/aromatic N) is 3. The lowest BCUT2D eigenvalue weighted by atomic mass is 10.1. The molecule has 1 saturated heterocycles. The van der Waals surface area contributed by atoms with E-state index in [1.165, 1.54) is 5.69 Å². The molecule has 0 radical (unpaired) electrons. The highest BCUT2D eigenvalue weighted by Crippen LogP contribution is 2.24. The second kappa shape index (κ2) is 8.22. The van der Waals surface area contributed by atoms with Gasteiger partial charge in [0, 0.05) is 25.3 Å². The van der Waals surface area contributed by atoms with E-state index in [9.17, 15) is 5.11 Å². The van der Waals surface area contributed by atoms with Crippen LogP contribution in [0.15, 0.2) is 12.1 Å². The van der Waals surface area contributed by atoms with Crippen LogP contribution in [0.1, 0.15) is 38.1 Å². The number of hydrogen-bond acceptors (Lipinski definition) is 4. The highest BCUT2D eigenvalue weighted by molar-refractivity contribution is 5.51. The number of hydrogen-bond donors (Lipinski definition) is 1. The molecule has 0 bridgehead atoms. The summed E-state index contributed by atoms with van der Waals surface area (Å²) in [7, 11) is 4.11. The summed E-state index contributed by atoms with van der Waals surface area (Å²) < 4.78 is 0. The van der Waals surface area contributed by atoms with Gasteiger partial charge in [-0.15, -0.1) is 0 Å². The van der Waals surface area contributed by atoms with Gasteiger partial charge in [0.05, 0.1) is 17.5 Å². The Morgan fingerprint density at radius 3 is 2.65 bits per heavy atom. The number of aryl methyl sites for hydroxylation is 1.